The van der Waals surface area contributed by atoms with Crippen LogP contribution in [0.5, 0.6) is 0 Å². The number of benzene rings is 1. The smallest absolute Gasteiger partial charge is 0.388 e. The van der Waals surface area contributed by atoms with Gasteiger partial charge in [-0.05, 0) is 18.6 Å². The summed E-state index contributed by atoms with van der Waals surface area (Å²) in [5, 5.41) is 14.8. The summed E-state index contributed by atoms with van der Waals surface area (Å²) in [4.78, 5) is 12.0. The van der Waals surface area contributed by atoms with Crippen LogP contribution in [0.2, 0.25) is 0 Å². The molecule has 24 heavy (non-hydrogen) atoms. The van der Waals surface area contributed by atoms with Gasteiger partial charge in [0.1, 0.15) is 0 Å². The van der Waals surface area contributed by atoms with Crippen molar-refractivity contribution in [1.29, 1.82) is 0 Å². The van der Waals surface area contributed by atoms with Gasteiger partial charge in [-0.3, -0.25) is 0 Å². The molecule has 0 aromatic heterocycles. The molecular formula is C16H21F3N2O3. The molecule has 1 heterocycles. The quantitative estimate of drug-likeness (QED) is 0.783. The number of urea groups is 1. The summed E-state index contributed by atoms with van der Waals surface area (Å²) in [5.41, 5.74) is -0.576. The number of hydrogen-bond acceptors (Lipinski definition) is 3. The Hall–Kier alpha value is -1.80. The van der Waals surface area contributed by atoms with Crippen LogP contribution in [0.3, 0.4) is 0 Å². The Labute approximate surface area is 138 Å². The van der Waals surface area contributed by atoms with Crippen LogP contribution in [0, 0.1) is 0 Å². The predicted octanol–water partition coefficient (Wildman–Crippen LogP) is 2.26. The van der Waals surface area contributed by atoms with E-state index >= 15 is 0 Å². The lowest BCUT2D eigenvalue weighted by Gasteiger charge is -2.25. The second kappa shape index (κ2) is 7.40. The number of amides is 2. The SMILES string of the molecule is C[C@H](NC(=O)N[C@@H]1COC[C@H]1O)[C@H](C)c1ccccc1C(F)(F)F. The third kappa shape index (κ3) is 4.39. The Morgan fingerprint density at radius 1 is 1.29 bits per heavy atom. The standard InChI is InChI=1S/C16H21F3N2O3/c1-9(11-5-3-4-6-12(11)16(17,18)19)10(2)20-15(23)21-13-7-24-8-14(13)22/h3-6,9-10,13-14,22H,7-8H2,1-2H3,(H2,20,21,23)/t9-,10-,13+,14+/m0/s1. The molecule has 2 amide bonds. The van der Waals surface area contributed by atoms with Gasteiger partial charge in [0.25, 0.3) is 0 Å². The second-order valence-corrected chi connectivity index (χ2v) is 5.99. The topological polar surface area (TPSA) is 70.6 Å². The number of ether oxygens (including phenoxy) is 1. The molecule has 134 valence electrons. The highest BCUT2D eigenvalue weighted by Gasteiger charge is 2.35. The summed E-state index contributed by atoms with van der Waals surface area (Å²) in [7, 11) is 0. The van der Waals surface area contributed by atoms with Gasteiger partial charge in [-0.1, -0.05) is 25.1 Å². The molecule has 1 aliphatic rings. The minimum absolute atomic E-state index is 0.127. The Kier molecular flexibility index (Phi) is 5.71. The van der Waals surface area contributed by atoms with E-state index in [0.717, 1.165) is 6.07 Å². The van der Waals surface area contributed by atoms with Crippen molar-refractivity contribution in [2.24, 2.45) is 0 Å². The van der Waals surface area contributed by atoms with E-state index in [9.17, 15) is 23.1 Å². The molecule has 0 unspecified atom stereocenters. The highest BCUT2D eigenvalue weighted by molar-refractivity contribution is 5.74. The van der Waals surface area contributed by atoms with Gasteiger partial charge in [-0.15, -0.1) is 0 Å². The molecule has 1 fully saturated rings. The van der Waals surface area contributed by atoms with Crippen molar-refractivity contribution in [3.05, 3.63) is 35.4 Å². The highest BCUT2D eigenvalue weighted by atomic mass is 19.4. The van der Waals surface area contributed by atoms with E-state index in [1.165, 1.54) is 12.1 Å². The van der Waals surface area contributed by atoms with Crippen LogP contribution < -0.4 is 10.6 Å². The Morgan fingerprint density at radius 2 is 1.96 bits per heavy atom. The highest BCUT2D eigenvalue weighted by Crippen LogP contribution is 2.35. The van der Waals surface area contributed by atoms with Crippen LogP contribution in [0.25, 0.3) is 0 Å². The molecule has 1 aromatic carbocycles. The van der Waals surface area contributed by atoms with Crippen molar-refractivity contribution in [3.8, 4) is 0 Å². The first-order valence-electron chi connectivity index (χ1n) is 7.69. The number of halogens is 3. The molecule has 2 rings (SSSR count). The molecule has 0 radical (unpaired) electrons. The Bertz CT molecular complexity index is 580. The normalized spacial score (nSPS) is 23.6. The van der Waals surface area contributed by atoms with E-state index < -0.39 is 41.9 Å². The number of carbonyl (C=O) groups excluding carboxylic acids is 1. The van der Waals surface area contributed by atoms with E-state index in [1.54, 1.807) is 19.9 Å². The van der Waals surface area contributed by atoms with Gasteiger partial charge in [0, 0.05) is 12.0 Å². The monoisotopic (exact) mass is 346 g/mol. The molecule has 0 aliphatic carbocycles. The summed E-state index contributed by atoms with van der Waals surface area (Å²) in [5.74, 6) is -0.543. The van der Waals surface area contributed by atoms with Gasteiger partial charge in [-0.2, -0.15) is 13.2 Å². The average Bonchev–Trinajstić information content (AvgIpc) is 2.90. The van der Waals surface area contributed by atoms with Crippen molar-refractivity contribution >= 4 is 6.03 Å². The van der Waals surface area contributed by atoms with Gasteiger partial charge in [0.15, 0.2) is 0 Å². The van der Waals surface area contributed by atoms with E-state index in [1.807, 2.05) is 0 Å². The van der Waals surface area contributed by atoms with Crippen molar-refractivity contribution in [3.63, 3.8) is 0 Å². The summed E-state index contributed by atoms with van der Waals surface area (Å²) >= 11 is 0. The number of carbonyl (C=O) groups is 1. The lowest BCUT2D eigenvalue weighted by Crippen LogP contribution is -2.50. The predicted molar refractivity (Wildman–Crippen MR) is 81.6 cm³/mol. The molecule has 8 heteroatoms. The van der Waals surface area contributed by atoms with Gasteiger partial charge in [0.2, 0.25) is 0 Å². The molecule has 0 saturated carbocycles. The summed E-state index contributed by atoms with van der Waals surface area (Å²) < 4.78 is 44.3. The number of nitrogens with one attached hydrogen (secondary N) is 2. The third-order valence-corrected chi connectivity index (χ3v) is 4.23. The average molecular weight is 346 g/mol. The first-order valence-corrected chi connectivity index (χ1v) is 7.69. The van der Waals surface area contributed by atoms with Crippen LogP contribution in [0.15, 0.2) is 24.3 Å². The number of hydrogen-bond donors (Lipinski definition) is 3. The van der Waals surface area contributed by atoms with E-state index in [0.29, 0.717) is 0 Å². The molecule has 1 aromatic rings. The van der Waals surface area contributed by atoms with Crippen molar-refractivity contribution in [1.82, 2.24) is 10.6 Å². The Balaban J connectivity index is 2.02. The molecular weight excluding hydrogens is 325 g/mol. The van der Waals surface area contributed by atoms with Crippen LogP contribution in [0.4, 0.5) is 18.0 Å². The zero-order valence-electron chi connectivity index (χ0n) is 13.4. The minimum Gasteiger partial charge on any atom is -0.388 e. The zero-order chi connectivity index (χ0) is 17.9. The van der Waals surface area contributed by atoms with Gasteiger partial charge in [0.05, 0.1) is 30.9 Å². The van der Waals surface area contributed by atoms with Gasteiger partial charge < -0.3 is 20.5 Å². The lowest BCUT2D eigenvalue weighted by molar-refractivity contribution is -0.138. The largest absolute Gasteiger partial charge is 0.416 e. The van der Waals surface area contributed by atoms with Crippen LogP contribution >= 0.6 is 0 Å². The van der Waals surface area contributed by atoms with Gasteiger partial charge in [-0.25, -0.2) is 4.79 Å². The summed E-state index contributed by atoms with van der Waals surface area (Å²) in [6.45, 7) is 3.62. The van der Waals surface area contributed by atoms with E-state index in [-0.39, 0.29) is 18.8 Å². The van der Waals surface area contributed by atoms with Crippen LogP contribution in [0.1, 0.15) is 30.9 Å². The third-order valence-electron chi connectivity index (χ3n) is 4.23. The molecule has 4 atom stereocenters. The van der Waals surface area contributed by atoms with Crippen molar-refractivity contribution < 1.29 is 27.8 Å². The fourth-order valence-corrected chi connectivity index (χ4v) is 2.64. The first-order chi connectivity index (χ1) is 11.2. The van der Waals surface area contributed by atoms with Crippen LogP contribution in [-0.4, -0.2) is 42.5 Å². The fraction of sp³-hybridized carbons (Fsp3) is 0.562. The second-order valence-electron chi connectivity index (χ2n) is 5.99. The minimum atomic E-state index is -4.45. The maximum Gasteiger partial charge on any atom is 0.416 e. The Morgan fingerprint density at radius 3 is 2.54 bits per heavy atom. The summed E-state index contributed by atoms with van der Waals surface area (Å²) in [6, 6.07) is 3.73. The lowest BCUT2D eigenvalue weighted by atomic mass is 9.90. The molecule has 3 N–H and O–H groups in total. The number of aliphatic hydroxyl groups excluding tert-OH is 1. The maximum absolute atomic E-state index is 13.1. The molecule has 5 nitrogen and oxygen atoms in total. The van der Waals surface area contributed by atoms with Crippen LogP contribution in [-0.2, 0) is 10.9 Å². The number of aliphatic hydroxyl groups is 1. The maximum atomic E-state index is 13.1. The first kappa shape index (κ1) is 18.5. The molecule has 1 aliphatic heterocycles. The molecule has 0 bridgehead atoms. The van der Waals surface area contributed by atoms with Crippen molar-refractivity contribution in [2.45, 2.75) is 44.1 Å². The van der Waals surface area contributed by atoms with Crippen molar-refractivity contribution in [2.75, 3.05) is 13.2 Å². The van der Waals surface area contributed by atoms with Gasteiger partial charge >= 0.3 is 12.2 Å². The number of rotatable bonds is 4. The zero-order valence-corrected chi connectivity index (χ0v) is 13.4. The van der Waals surface area contributed by atoms with E-state index in [4.69, 9.17) is 4.74 Å². The summed E-state index contributed by atoms with van der Waals surface area (Å²) in [6.07, 6.45) is -5.23. The van der Waals surface area contributed by atoms with E-state index in [2.05, 4.69) is 10.6 Å². The molecule has 1 saturated heterocycles. The number of alkyl halides is 3. The molecule has 0 spiro atoms. The fourth-order valence-electron chi connectivity index (χ4n) is 2.64.